The highest BCUT2D eigenvalue weighted by Crippen LogP contribution is 2.69. The second-order valence-corrected chi connectivity index (χ2v) is 15.1. The van der Waals surface area contributed by atoms with Gasteiger partial charge in [0.05, 0.1) is 22.5 Å². The molecule has 3 fully saturated rings. The van der Waals surface area contributed by atoms with Crippen molar-refractivity contribution >= 4 is 52.8 Å². The summed E-state index contributed by atoms with van der Waals surface area (Å²) in [5, 5.41) is 1.47. The van der Waals surface area contributed by atoms with Gasteiger partial charge in [-0.1, -0.05) is 62.7 Å². The highest BCUT2D eigenvalue weighted by Gasteiger charge is 2.69. The molecule has 2 aliphatic carbocycles. The lowest BCUT2D eigenvalue weighted by molar-refractivity contribution is -0.123. The highest BCUT2D eigenvalue weighted by molar-refractivity contribution is 8.00. The number of aromatic amines is 1. The van der Waals surface area contributed by atoms with Crippen LogP contribution >= 0.6 is 35.3 Å². The molecule has 37 heavy (non-hydrogen) atoms. The van der Waals surface area contributed by atoms with Crippen LogP contribution in [0.1, 0.15) is 54.7 Å². The fourth-order valence-corrected chi connectivity index (χ4v) is 10.9. The van der Waals surface area contributed by atoms with E-state index in [1.807, 2.05) is 43.0 Å². The smallest absolute Gasteiger partial charge is 0.238 e. The summed E-state index contributed by atoms with van der Waals surface area (Å²) in [4.78, 5) is 33.9. The fourth-order valence-electron chi connectivity index (χ4n) is 7.53. The zero-order chi connectivity index (χ0) is 25.8. The number of aromatic nitrogens is 1. The molecule has 2 aromatic carbocycles. The number of carbonyl (C=O) groups excluding carboxylic acids is 2. The average molecular weight is 547 g/mol. The lowest BCUT2D eigenvalue weighted by Gasteiger charge is -2.43. The third-order valence-electron chi connectivity index (χ3n) is 9.15. The lowest BCUT2D eigenvalue weighted by Crippen LogP contribution is -2.42. The van der Waals surface area contributed by atoms with Gasteiger partial charge in [0.2, 0.25) is 11.8 Å². The second kappa shape index (κ2) is 8.14. The Balaban J connectivity index is 1.30. The molecular formula is C30H30N2O2S3. The first-order valence-corrected chi connectivity index (χ1v) is 15.2. The van der Waals surface area contributed by atoms with Gasteiger partial charge in [0, 0.05) is 16.0 Å². The average Bonchev–Trinajstić information content (AvgIpc) is 3.58. The van der Waals surface area contributed by atoms with Crippen LogP contribution in [0.5, 0.6) is 0 Å². The molecule has 3 aromatic rings. The Labute approximate surface area is 230 Å². The Morgan fingerprint density at radius 1 is 0.946 bits per heavy atom. The summed E-state index contributed by atoms with van der Waals surface area (Å²) < 4.78 is 0.805. The minimum absolute atomic E-state index is 0.000497. The van der Waals surface area contributed by atoms with Crippen LogP contribution in [0.4, 0.5) is 5.69 Å². The maximum Gasteiger partial charge on any atom is 0.238 e. The summed E-state index contributed by atoms with van der Waals surface area (Å²) in [7, 11) is 0. The molecule has 7 rings (SSSR count). The van der Waals surface area contributed by atoms with E-state index in [2.05, 4.69) is 50.0 Å². The first-order valence-electron chi connectivity index (χ1n) is 13.1. The van der Waals surface area contributed by atoms with Gasteiger partial charge in [0.1, 0.15) is 0 Å². The van der Waals surface area contributed by atoms with E-state index < -0.39 is 0 Å². The van der Waals surface area contributed by atoms with Crippen molar-refractivity contribution in [3.8, 4) is 0 Å². The molecule has 1 aromatic heterocycles. The molecule has 3 heterocycles. The van der Waals surface area contributed by atoms with Crippen LogP contribution < -0.4 is 4.90 Å². The number of anilines is 1. The third-order valence-corrected chi connectivity index (χ3v) is 12.1. The number of benzene rings is 2. The summed E-state index contributed by atoms with van der Waals surface area (Å²) in [5.74, 6) is 0.509. The molecule has 2 aliphatic heterocycles. The molecule has 0 spiro atoms. The number of H-pyrrole nitrogens is 1. The number of fused-ring (bicyclic) bond motifs is 9. The van der Waals surface area contributed by atoms with Gasteiger partial charge in [0.15, 0.2) is 3.95 Å². The Kier molecular flexibility index (Phi) is 5.25. The number of amides is 2. The maximum atomic E-state index is 13.9. The van der Waals surface area contributed by atoms with Crippen molar-refractivity contribution in [1.82, 2.24) is 4.98 Å². The minimum Gasteiger partial charge on any atom is -0.332 e. The summed E-state index contributed by atoms with van der Waals surface area (Å²) >= 11 is 9.15. The topological polar surface area (TPSA) is 53.2 Å². The molecule has 2 amide bonds. The molecule has 190 valence electrons. The summed E-state index contributed by atoms with van der Waals surface area (Å²) in [5.41, 5.74) is 4.54. The molecule has 0 radical (unpaired) electrons. The van der Waals surface area contributed by atoms with Crippen molar-refractivity contribution in [3.63, 3.8) is 0 Å². The summed E-state index contributed by atoms with van der Waals surface area (Å²) in [6, 6.07) is 16.9. The third kappa shape index (κ3) is 3.43. The molecular weight excluding hydrogens is 517 g/mol. The maximum absolute atomic E-state index is 13.9. The van der Waals surface area contributed by atoms with Gasteiger partial charge in [-0.2, -0.15) is 0 Å². The van der Waals surface area contributed by atoms with E-state index in [0.717, 1.165) is 21.0 Å². The number of thioether (sulfide) groups is 1. The molecule has 7 heteroatoms. The van der Waals surface area contributed by atoms with Gasteiger partial charge in [0.25, 0.3) is 0 Å². The number of hydrogen-bond acceptors (Lipinski definition) is 5. The van der Waals surface area contributed by atoms with Crippen LogP contribution in [0.2, 0.25) is 0 Å². The van der Waals surface area contributed by atoms with Crippen LogP contribution in [-0.2, 0) is 15.0 Å². The van der Waals surface area contributed by atoms with Gasteiger partial charge in [-0.3, -0.25) is 14.5 Å². The number of imide groups is 1. The quantitative estimate of drug-likeness (QED) is 0.275. The van der Waals surface area contributed by atoms with Crippen LogP contribution in [0.15, 0.2) is 53.6 Å². The van der Waals surface area contributed by atoms with E-state index in [1.54, 1.807) is 11.3 Å². The molecule has 1 saturated heterocycles. The first-order chi connectivity index (χ1) is 17.6. The second-order valence-electron chi connectivity index (χ2n) is 12.2. The van der Waals surface area contributed by atoms with E-state index in [9.17, 15) is 9.59 Å². The molecule has 2 saturated carbocycles. The first kappa shape index (κ1) is 23.9. The van der Waals surface area contributed by atoms with Gasteiger partial charge < -0.3 is 4.98 Å². The number of carbonyl (C=O) groups is 2. The van der Waals surface area contributed by atoms with E-state index in [1.165, 1.54) is 20.9 Å². The molecule has 4 aliphatic rings. The largest absolute Gasteiger partial charge is 0.332 e. The van der Waals surface area contributed by atoms with Crippen LogP contribution in [0.25, 0.3) is 0 Å². The van der Waals surface area contributed by atoms with Crippen molar-refractivity contribution in [2.45, 2.75) is 55.7 Å². The van der Waals surface area contributed by atoms with E-state index in [0.29, 0.717) is 16.9 Å². The Hall–Kier alpha value is -2.22. The van der Waals surface area contributed by atoms with E-state index >= 15 is 0 Å². The van der Waals surface area contributed by atoms with Gasteiger partial charge >= 0.3 is 0 Å². The number of rotatable bonds is 2. The standard InChI is InChI=1S/C30H30N2O2S3/c1-14-5-11-17(12-6-14)32-27(33)22-18-13-19(23(22)28(32)34)24-21(18)20(25-26(36-24)31-29(35)37-25)15-7-9-16(10-8-15)30(2,3)4/h5-12,18-24H,13H2,1-4H3,(H,31,35). The molecule has 7 atom stereocenters. The predicted molar refractivity (Wildman–Crippen MR) is 152 cm³/mol. The summed E-state index contributed by atoms with van der Waals surface area (Å²) in [6.45, 7) is 8.74. The van der Waals surface area contributed by atoms with Gasteiger partial charge in [-0.05, 0) is 72.0 Å². The molecule has 1 N–H and O–H groups in total. The molecule has 2 bridgehead atoms. The highest BCUT2D eigenvalue weighted by atomic mass is 32.2. The van der Waals surface area contributed by atoms with Crippen LogP contribution in [0, 0.1) is 40.5 Å². The molecule has 4 nitrogen and oxygen atoms in total. The minimum atomic E-state index is -0.217. The van der Waals surface area contributed by atoms with Crippen molar-refractivity contribution in [2.75, 3.05) is 4.90 Å². The van der Waals surface area contributed by atoms with Crippen molar-refractivity contribution in [2.24, 2.45) is 29.6 Å². The lowest BCUT2D eigenvalue weighted by atomic mass is 9.68. The Morgan fingerprint density at radius 3 is 2.24 bits per heavy atom. The Bertz CT molecular complexity index is 1480. The number of nitrogens with zero attached hydrogens (tertiary/aromatic N) is 1. The number of hydrogen-bond donors (Lipinski definition) is 1. The van der Waals surface area contributed by atoms with Crippen molar-refractivity contribution < 1.29 is 9.59 Å². The Morgan fingerprint density at radius 2 is 1.59 bits per heavy atom. The van der Waals surface area contributed by atoms with E-state index in [4.69, 9.17) is 12.2 Å². The fraction of sp³-hybridized carbons (Fsp3) is 0.433. The van der Waals surface area contributed by atoms with Gasteiger partial charge in [-0.15, -0.1) is 23.1 Å². The van der Waals surface area contributed by atoms with Gasteiger partial charge in [-0.25, -0.2) is 0 Å². The number of nitrogens with one attached hydrogen (secondary N) is 1. The van der Waals surface area contributed by atoms with Crippen molar-refractivity contribution in [1.29, 1.82) is 0 Å². The number of thiazole rings is 1. The van der Waals surface area contributed by atoms with Crippen molar-refractivity contribution in [3.05, 3.63) is 74.1 Å². The molecule has 7 unspecified atom stereocenters. The number of aryl methyl sites for hydroxylation is 1. The monoisotopic (exact) mass is 546 g/mol. The van der Waals surface area contributed by atoms with Crippen LogP contribution in [0.3, 0.4) is 0 Å². The summed E-state index contributed by atoms with van der Waals surface area (Å²) in [6.07, 6.45) is 0.961. The van der Waals surface area contributed by atoms with Crippen LogP contribution in [-0.4, -0.2) is 22.0 Å². The van der Waals surface area contributed by atoms with E-state index in [-0.39, 0.29) is 46.8 Å². The zero-order valence-electron chi connectivity index (χ0n) is 21.4. The predicted octanol–water partition coefficient (Wildman–Crippen LogP) is 7.09. The zero-order valence-corrected chi connectivity index (χ0v) is 23.8. The normalized spacial score (nSPS) is 32.0. The SMILES string of the molecule is Cc1ccc(N2C(=O)C3C4CC(C3C2=O)C2C(c3ccc(C(C)(C)C)cc3)c3sc(=S)[nH]c3SC42)cc1.